The van der Waals surface area contributed by atoms with Crippen LogP contribution in [0.25, 0.3) is 0 Å². The lowest BCUT2D eigenvalue weighted by Crippen LogP contribution is -1.99. The third-order valence-corrected chi connectivity index (χ3v) is 3.02. The second-order valence-corrected chi connectivity index (χ2v) is 4.16. The summed E-state index contributed by atoms with van der Waals surface area (Å²) in [4.78, 5) is 20.7. The molecule has 0 bridgehead atoms. The Morgan fingerprint density at radius 1 is 1.56 bits per heavy atom. The smallest absolute Gasteiger partial charge is 0.307 e. The fourth-order valence-electron chi connectivity index (χ4n) is 1.74. The minimum Gasteiger partial charge on any atom is -0.481 e. The summed E-state index contributed by atoms with van der Waals surface area (Å²) in [5, 5.41) is 19.5. The van der Waals surface area contributed by atoms with Crippen molar-refractivity contribution in [2.24, 2.45) is 5.92 Å². The van der Waals surface area contributed by atoms with Gasteiger partial charge in [-0.15, -0.1) is 0 Å². The van der Waals surface area contributed by atoms with E-state index in [0.29, 0.717) is 12.0 Å². The van der Waals surface area contributed by atoms with Gasteiger partial charge in [-0.25, -0.2) is 0 Å². The molecule has 1 aromatic carbocycles. The van der Waals surface area contributed by atoms with Crippen molar-refractivity contribution in [3.63, 3.8) is 0 Å². The van der Waals surface area contributed by atoms with E-state index in [2.05, 4.69) is 0 Å². The molecule has 1 aliphatic rings. The maximum atomic E-state index is 10.7. The molecule has 2 unspecified atom stereocenters. The predicted octanol–water partition coefficient (Wildman–Crippen LogP) is 2.44. The van der Waals surface area contributed by atoms with Crippen LogP contribution in [0, 0.1) is 16.0 Å². The summed E-state index contributed by atoms with van der Waals surface area (Å²) >= 11 is 5.66. The summed E-state index contributed by atoms with van der Waals surface area (Å²) in [6.45, 7) is 0. The molecule has 0 amide bonds. The normalized spacial score (nSPS) is 22.8. The molecule has 1 aliphatic carbocycles. The Morgan fingerprint density at radius 2 is 2.25 bits per heavy atom. The zero-order chi connectivity index (χ0) is 11.9. The Kier molecular flexibility index (Phi) is 2.55. The molecule has 0 aromatic heterocycles. The van der Waals surface area contributed by atoms with Gasteiger partial charge in [0.25, 0.3) is 5.69 Å². The average molecular weight is 242 g/mol. The number of rotatable bonds is 3. The van der Waals surface area contributed by atoms with Crippen LogP contribution in [-0.4, -0.2) is 16.0 Å². The first kappa shape index (κ1) is 10.9. The molecule has 0 saturated heterocycles. The summed E-state index contributed by atoms with van der Waals surface area (Å²) in [6, 6.07) is 4.44. The maximum absolute atomic E-state index is 10.7. The van der Waals surface area contributed by atoms with E-state index in [9.17, 15) is 14.9 Å². The molecular formula is C10H8ClNO4. The fraction of sp³-hybridized carbons (Fsp3) is 0.300. The molecule has 1 aromatic rings. The monoisotopic (exact) mass is 241 g/mol. The topological polar surface area (TPSA) is 80.4 Å². The highest BCUT2D eigenvalue weighted by Gasteiger charge is 2.44. The van der Waals surface area contributed by atoms with Crippen molar-refractivity contribution in [1.29, 1.82) is 0 Å². The molecule has 2 rings (SSSR count). The van der Waals surface area contributed by atoms with Crippen molar-refractivity contribution in [3.05, 3.63) is 38.9 Å². The Bertz CT molecular complexity index is 474. The van der Waals surface area contributed by atoms with Gasteiger partial charge in [-0.1, -0.05) is 17.7 Å². The first-order valence-electron chi connectivity index (χ1n) is 4.67. The fourth-order valence-corrected chi connectivity index (χ4v) is 1.92. The van der Waals surface area contributed by atoms with E-state index in [-0.39, 0.29) is 16.6 Å². The molecular weight excluding hydrogens is 234 g/mol. The molecule has 0 aliphatic heterocycles. The zero-order valence-electron chi connectivity index (χ0n) is 8.09. The molecule has 1 fully saturated rings. The lowest BCUT2D eigenvalue weighted by molar-refractivity contribution is -0.384. The van der Waals surface area contributed by atoms with E-state index in [4.69, 9.17) is 16.7 Å². The standard InChI is InChI=1S/C10H8ClNO4/c11-8-2-1-5(3-9(8)12(15)16)6-4-7(6)10(13)14/h1-3,6-7H,4H2,(H,13,14). The van der Waals surface area contributed by atoms with E-state index < -0.39 is 16.8 Å². The molecule has 2 atom stereocenters. The Labute approximate surface area is 95.8 Å². The lowest BCUT2D eigenvalue weighted by Gasteiger charge is -2.00. The van der Waals surface area contributed by atoms with Crippen LogP contribution in [0.4, 0.5) is 5.69 Å². The number of hydrogen-bond donors (Lipinski definition) is 1. The number of halogens is 1. The van der Waals surface area contributed by atoms with Crippen molar-refractivity contribution < 1.29 is 14.8 Å². The van der Waals surface area contributed by atoms with Gasteiger partial charge in [0.15, 0.2) is 0 Å². The van der Waals surface area contributed by atoms with Gasteiger partial charge in [0.1, 0.15) is 5.02 Å². The molecule has 6 heteroatoms. The summed E-state index contributed by atoms with van der Waals surface area (Å²) < 4.78 is 0. The van der Waals surface area contributed by atoms with Gasteiger partial charge in [-0.2, -0.15) is 0 Å². The van der Waals surface area contributed by atoms with Crippen molar-refractivity contribution >= 4 is 23.3 Å². The first-order chi connectivity index (χ1) is 7.50. The zero-order valence-corrected chi connectivity index (χ0v) is 8.85. The molecule has 1 saturated carbocycles. The number of nitro benzene ring substituents is 1. The highest BCUT2D eigenvalue weighted by molar-refractivity contribution is 6.32. The summed E-state index contributed by atoms with van der Waals surface area (Å²) in [6.07, 6.45) is 0.536. The Hall–Kier alpha value is -1.62. The number of carbonyl (C=O) groups is 1. The second-order valence-electron chi connectivity index (χ2n) is 3.75. The first-order valence-corrected chi connectivity index (χ1v) is 5.05. The quantitative estimate of drug-likeness (QED) is 0.651. The van der Waals surface area contributed by atoms with Gasteiger partial charge in [0.2, 0.25) is 0 Å². The van der Waals surface area contributed by atoms with Crippen LogP contribution in [0.3, 0.4) is 0 Å². The van der Waals surface area contributed by atoms with Crippen LogP contribution >= 0.6 is 11.6 Å². The number of nitrogens with zero attached hydrogens (tertiary/aromatic N) is 1. The van der Waals surface area contributed by atoms with Gasteiger partial charge in [-0.3, -0.25) is 14.9 Å². The Morgan fingerprint density at radius 3 is 2.75 bits per heavy atom. The van der Waals surface area contributed by atoms with E-state index in [1.165, 1.54) is 12.1 Å². The van der Waals surface area contributed by atoms with Crippen molar-refractivity contribution in [2.45, 2.75) is 12.3 Å². The SMILES string of the molecule is O=C(O)C1CC1c1ccc(Cl)c([N+](=O)[O-])c1. The number of aliphatic carboxylic acids is 1. The van der Waals surface area contributed by atoms with Gasteiger partial charge in [-0.05, 0) is 24.0 Å². The molecule has 0 radical (unpaired) electrons. The molecule has 5 nitrogen and oxygen atoms in total. The van der Waals surface area contributed by atoms with Gasteiger partial charge >= 0.3 is 5.97 Å². The molecule has 1 N–H and O–H groups in total. The van der Waals surface area contributed by atoms with Crippen molar-refractivity contribution in [3.8, 4) is 0 Å². The number of nitro groups is 1. The Balaban J connectivity index is 2.28. The van der Waals surface area contributed by atoms with Gasteiger partial charge in [0, 0.05) is 6.07 Å². The third kappa shape index (κ3) is 1.86. The number of hydrogen-bond acceptors (Lipinski definition) is 3. The highest BCUT2D eigenvalue weighted by atomic mass is 35.5. The number of benzene rings is 1. The molecule has 84 valence electrons. The maximum Gasteiger partial charge on any atom is 0.307 e. The van der Waals surface area contributed by atoms with Crippen molar-refractivity contribution in [1.82, 2.24) is 0 Å². The van der Waals surface area contributed by atoms with Gasteiger partial charge < -0.3 is 5.11 Å². The summed E-state index contributed by atoms with van der Waals surface area (Å²) in [5.74, 6) is -1.39. The second kappa shape index (κ2) is 3.75. The molecule has 0 heterocycles. The van der Waals surface area contributed by atoms with E-state index in [1.54, 1.807) is 6.07 Å². The molecule has 16 heavy (non-hydrogen) atoms. The van der Waals surface area contributed by atoms with Gasteiger partial charge in [0.05, 0.1) is 10.8 Å². The van der Waals surface area contributed by atoms with E-state index in [1.807, 2.05) is 0 Å². The molecule has 0 spiro atoms. The predicted molar refractivity (Wildman–Crippen MR) is 56.6 cm³/mol. The minimum atomic E-state index is -0.859. The van der Waals surface area contributed by atoms with Crippen LogP contribution in [0.15, 0.2) is 18.2 Å². The van der Waals surface area contributed by atoms with Crippen LogP contribution < -0.4 is 0 Å². The largest absolute Gasteiger partial charge is 0.481 e. The van der Waals surface area contributed by atoms with Crippen LogP contribution in [0.2, 0.25) is 5.02 Å². The van der Waals surface area contributed by atoms with E-state index in [0.717, 1.165) is 0 Å². The number of carboxylic acid groups (broad SMARTS) is 1. The average Bonchev–Trinajstić information content (AvgIpc) is 2.97. The van der Waals surface area contributed by atoms with Crippen LogP contribution in [-0.2, 0) is 4.79 Å². The van der Waals surface area contributed by atoms with Crippen molar-refractivity contribution in [2.75, 3.05) is 0 Å². The van der Waals surface area contributed by atoms with Crippen LogP contribution in [0.1, 0.15) is 17.9 Å². The summed E-state index contributed by atoms with van der Waals surface area (Å²) in [7, 11) is 0. The lowest BCUT2D eigenvalue weighted by atomic mass is 10.1. The summed E-state index contributed by atoms with van der Waals surface area (Å²) in [5.41, 5.74) is 0.499. The highest BCUT2D eigenvalue weighted by Crippen LogP contribution is 2.48. The number of carboxylic acids is 1. The van der Waals surface area contributed by atoms with Crippen LogP contribution in [0.5, 0.6) is 0 Å². The van der Waals surface area contributed by atoms with E-state index >= 15 is 0 Å². The third-order valence-electron chi connectivity index (χ3n) is 2.70. The minimum absolute atomic E-state index is 0.0706.